The van der Waals surface area contributed by atoms with Crippen LogP contribution in [0.15, 0.2) is 71.9 Å². The number of rotatable bonds is 5. The van der Waals surface area contributed by atoms with Crippen molar-refractivity contribution >= 4 is 23.1 Å². The Kier molecular flexibility index (Phi) is 9.51. The zero-order valence-electron chi connectivity index (χ0n) is 32.6. The average Bonchev–Trinajstić information content (AvgIpc) is 3.69. The van der Waals surface area contributed by atoms with Crippen LogP contribution in [0.2, 0.25) is 0 Å². The maximum absolute atomic E-state index is 6.90. The number of aliphatic imine (C=N–C) groups is 1. The van der Waals surface area contributed by atoms with E-state index in [1.54, 1.807) is 0 Å². The van der Waals surface area contributed by atoms with Gasteiger partial charge in [-0.3, -0.25) is 4.99 Å². The number of hydrogen-bond donors (Lipinski definition) is 0. The number of benzene rings is 4. The van der Waals surface area contributed by atoms with Crippen molar-refractivity contribution in [2.45, 2.75) is 111 Å². The summed E-state index contributed by atoms with van der Waals surface area (Å²) >= 11 is 0. The van der Waals surface area contributed by atoms with Crippen molar-refractivity contribution in [1.82, 2.24) is 4.98 Å². The van der Waals surface area contributed by atoms with E-state index in [0.717, 1.165) is 53.1 Å². The first-order valence-electron chi connectivity index (χ1n) is 18.7. The van der Waals surface area contributed by atoms with Gasteiger partial charge in [0.05, 0.1) is 6.04 Å². The fourth-order valence-corrected chi connectivity index (χ4v) is 8.49. The van der Waals surface area contributed by atoms with Gasteiger partial charge >= 0.3 is 21.1 Å². The Morgan fingerprint density at radius 2 is 1.58 bits per heavy atom. The maximum Gasteiger partial charge on any atom is 2.00 e. The van der Waals surface area contributed by atoms with Gasteiger partial charge in [-0.25, -0.2) is 4.98 Å². The molecule has 0 bridgehead atoms. The second-order valence-corrected chi connectivity index (χ2v) is 16.8. The Labute approximate surface area is 330 Å². The predicted octanol–water partition coefficient (Wildman–Crippen LogP) is 11.8. The molecule has 8 rings (SSSR count). The number of nitrogens with zero attached hydrogens (tertiary/aromatic N) is 3. The Hall–Kier alpha value is -4.21. The Morgan fingerprint density at radius 3 is 2.30 bits per heavy atom. The molecule has 0 unspecified atom stereocenters. The predicted molar refractivity (Wildman–Crippen MR) is 212 cm³/mol. The molecule has 53 heavy (non-hydrogen) atoms. The van der Waals surface area contributed by atoms with Crippen LogP contribution in [0.25, 0.3) is 11.1 Å². The van der Waals surface area contributed by atoms with Gasteiger partial charge in [-0.1, -0.05) is 106 Å². The van der Waals surface area contributed by atoms with Crippen molar-refractivity contribution in [2.24, 2.45) is 4.99 Å². The Morgan fingerprint density at radius 1 is 0.830 bits per heavy atom. The topological polar surface area (TPSA) is 47.0 Å². The van der Waals surface area contributed by atoms with Gasteiger partial charge in [0.2, 0.25) is 0 Å². The number of anilines is 3. The molecule has 3 aliphatic rings. The summed E-state index contributed by atoms with van der Waals surface area (Å²) in [6.07, 6.45) is 5.35. The van der Waals surface area contributed by atoms with E-state index in [-0.39, 0.29) is 44.0 Å². The molecule has 1 fully saturated rings. The summed E-state index contributed by atoms with van der Waals surface area (Å²) in [5, 5.41) is 0. The van der Waals surface area contributed by atoms with Gasteiger partial charge in [-0.05, 0) is 104 Å². The normalized spacial score (nSPS) is 18.4. The van der Waals surface area contributed by atoms with Crippen LogP contribution in [0.3, 0.4) is 0 Å². The first-order chi connectivity index (χ1) is 24.7. The van der Waals surface area contributed by atoms with E-state index >= 15 is 0 Å². The molecule has 0 radical (unpaired) electrons. The standard InChI is InChI=1S/C47H49N3O2.Pt/c1-27-14-15-39-36(20-27)47(9,10)37-21-29(3)42(26-40(37)50(39)43-25-34(16-17-48-43)46(6,7)8)51-35-23-32(44-30(4)18-28(2)19-31(44)5)22-33(24-35)45-49-38-12-11-13-41(38)52-45;/h14-23,25,38,41H,11-13H2,1-10H3;/q-2;+2/t38-,41+;/m1./s1. The van der Waals surface area contributed by atoms with Crippen LogP contribution in [-0.4, -0.2) is 23.0 Å². The van der Waals surface area contributed by atoms with Crippen molar-refractivity contribution < 1.29 is 30.5 Å². The smallest absolute Gasteiger partial charge is 0.515 e. The van der Waals surface area contributed by atoms with Crippen molar-refractivity contribution in [2.75, 3.05) is 4.90 Å². The number of aromatic nitrogens is 1. The zero-order valence-corrected chi connectivity index (χ0v) is 34.9. The zero-order chi connectivity index (χ0) is 36.7. The third kappa shape index (κ3) is 6.65. The summed E-state index contributed by atoms with van der Waals surface area (Å²) in [5.74, 6) is 2.80. The molecule has 3 heterocycles. The third-order valence-corrected chi connectivity index (χ3v) is 11.2. The van der Waals surface area contributed by atoms with Gasteiger partial charge in [-0.2, -0.15) is 6.07 Å². The van der Waals surface area contributed by atoms with E-state index in [2.05, 4.69) is 147 Å². The van der Waals surface area contributed by atoms with Crippen LogP contribution in [0.1, 0.15) is 104 Å². The minimum absolute atomic E-state index is 0. The van der Waals surface area contributed by atoms with Gasteiger partial charge in [0.15, 0.2) is 0 Å². The van der Waals surface area contributed by atoms with Crippen LogP contribution in [-0.2, 0) is 36.6 Å². The molecule has 0 saturated heterocycles. The summed E-state index contributed by atoms with van der Waals surface area (Å²) in [6, 6.07) is 29.7. The molecule has 1 saturated carbocycles. The molecule has 5 aromatic rings. The van der Waals surface area contributed by atoms with E-state index in [4.69, 9.17) is 19.5 Å². The first kappa shape index (κ1) is 37.1. The molecule has 0 amide bonds. The van der Waals surface area contributed by atoms with Crippen molar-refractivity contribution in [3.63, 3.8) is 0 Å². The number of ether oxygens (including phenoxy) is 2. The summed E-state index contributed by atoms with van der Waals surface area (Å²) in [4.78, 5) is 12.3. The van der Waals surface area contributed by atoms with Crippen LogP contribution in [0, 0.1) is 46.8 Å². The number of hydrogen-bond acceptors (Lipinski definition) is 5. The fraction of sp³-hybridized carbons (Fsp3) is 0.362. The molecule has 6 heteroatoms. The molecule has 2 atom stereocenters. The quantitative estimate of drug-likeness (QED) is 0.165. The number of aryl methyl sites for hydroxylation is 5. The van der Waals surface area contributed by atoms with Crippen LogP contribution in [0.5, 0.6) is 11.5 Å². The molecular weight excluding hydrogens is 834 g/mol. The van der Waals surface area contributed by atoms with E-state index in [1.807, 2.05) is 6.20 Å². The van der Waals surface area contributed by atoms with Gasteiger partial charge in [0, 0.05) is 23.4 Å². The Balaban J connectivity index is 0.00000435. The fourth-order valence-electron chi connectivity index (χ4n) is 8.49. The van der Waals surface area contributed by atoms with Gasteiger partial charge in [0.25, 0.3) is 0 Å². The van der Waals surface area contributed by atoms with E-state index in [1.165, 1.54) is 44.5 Å². The summed E-state index contributed by atoms with van der Waals surface area (Å²) < 4.78 is 13.4. The molecule has 1 aromatic heterocycles. The second kappa shape index (κ2) is 13.6. The SMILES string of the molecule is Cc1cc(C)c(-c2cc(Oc3[c-]c4c(cc3C)C(C)(C)c3cc(C)ccc3N4c3cc(C(C)(C)C)ccn3)[c-]c(C3=N[C@@H]4CCC[C@@H]4O3)c2)c(C)c1.[Pt+2]. The molecule has 2 aliphatic heterocycles. The van der Waals surface area contributed by atoms with Crippen LogP contribution >= 0.6 is 0 Å². The van der Waals surface area contributed by atoms with Crippen molar-refractivity contribution in [3.05, 3.63) is 129 Å². The molecule has 0 spiro atoms. The van der Waals surface area contributed by atoms with Crippen LogP contribution < -0.4 is 9.64 Å². The van der Waals surface area contributed by atoms with Gasteiger partial charge in [0.1, 0.15) is 17.8 Å². The summed E-state index contributed by atoms with van der Waals surface area (Å²) in [7, 11) is 0. The van der Waals surface area contributed by atoms with Gasteiger partial charge < -0.3 is 14.4 Å². The molecule has 0 N–H and O–H groups in total. The minimum atomic E-state index is -0.273. The Bertz CT molecular complexity index is 2260. The minimum Gasteiger partial charge on any atom is -0.515 e. The summed E-state index contributed by atoms with van der Waals surface area (Å²) in [5.41, 5.74) is 14.4. The largest absolute Gasteiger partial charge is 2.00 e. The first-order valence-corrected chi connectivity index (χ1v) is 18.7. The molecular formula is C47H49N3O2Pt. The van der Waals surface area contributed by atoms with E-state index in [0.29, 0.717) is 17.4 Å². The average molecular weight is 883 g/mol. The van der Waals surface area contributed by atoms with Crippen LogP contribution in [0.4, 0.5) is 17.2 Å². The van der Waals surface area contributed by atoms with Crippen molar-refractivity contribution in [1.29, 1.82) is 0 Å². The molecule has 5 nitrogen and oxygen atoms in total. The van der Waals surface area contributed by atoms with Crippen molar-refractivity contribution in [3.8, 4) is 22.6 Å². The second-order valence-electron chi connectivity index (χ2n) is 16.8. The van der Waals surface area contributed by atoms with Gasteiger partial charge in [-0.15, -0.1) is 23.3 Å². The maximum atomic E-state index is 6.90. The molecule has 274 valence electrons. The number of fused-ring (bicyclic) bond motifs is 3. The van der Waals surface area contributed by atoms with E-state index < -0.39 is 0 Å². The van der Waals surface area contributed by atoms with E-state index in [9.17, 15) is 0 Å². The molecule has 1 aliphatic carbocycles. The molecule has 4 aromatic carbocycles. The third-order valence-electron chi connectivity index (χ3n) is 11.2. The summed E-state index contributed by atoms with van der Waals surface area (Å²) in [6.45, 7) is 22.1. The number of pyridine rings is 1. The monoisotopic (exact) mass is 882 g/mol.